The molecule has 3 heterocycles. The summed E-state index contributed by atoms with van der Waals surface area (Å²) >= 11 is 0. The minimum Gasteiger partial charge on any atom is -0.461 e. The summed E-state index contributed by atoms with van der Waals surface area (Å²) in [6.07, 6.45) is 2.82. The third-order valence-corrected chi connectivity index (χ3v) is 3.93. The largest absolute Gasteiger partial charge is 0.461 e. The van der Waals surface area contributed by atoms with Crippen molar-refractivity contribution in [3.8, 4) is 0 Å². The highest BCUT2D eigenvalue weighted by Gasteiger charge is 2.31. The van der Waals surface area contributed by atoms with Gasteiger partial charge < -0.3 is 14.1 Å². The molecule has 0 aromatic carbocycles. The minimum atomic E-state index is -0.0825. The molecule has 102 valence electrons. The number of rotatable bonds is 2. The highest BCUT2D eigenvalue weighted by molar-refractivity contribution is 5.89. The average molecular weight is 260 g/mol. The molecule has 0 spiro atoms. The first-order valence-corrected chi connectivity index (χ1v) is 6.85. The van der Waals surface area contributed by atoms with Gasteiger partial charge in [0.1, 0.15) is 17.2 Å². The molecule has 2 aromatic rings. The van der Waals surface area contributed by atoms with Crippen LogP contribution in [0.1, 0.15) is 26.0 Å². The molecule has 0 bridgehead atoms. The number of fused-ring (bicyclic) bond motifs is 1. The molecule has 1 aliphatic rings. The van der Waals surface area contributed by atoms with Gasteiger partial charge in [0.2, 0.25) is 0 Å². The molecule has 1 atom stereocenters. The van der Waals surface area contributed by atoms with Crippen LogP contribution < -0.4 is 4.90 Å². The van der Waals surface area contributed by atoms with Crippen LogP contribution in [-0.4, -0.2) is 30.3 Å². The lowest BCUT2D eigenvalue weighted by atomic mass is 10.0. The van der Waals surface area contributed by atoms with E-state index < -0.39 is 0 Å². The van der Waals surface area contributed by atoms with Crippen molar-refractivity contribution in [3.63, 3.8) is 0 Å². The summed E-state index contributed by atoms with van der Waals surface area (Å²) in [5, 5.41) is 1.10. The third kappa shape index (κ3) is 2.21. The SMILES string of the molecule is CCC1(C)CN(c2nccc3oc(C)cc23)CCO1. The van der Waals surface area contributed by atoms with Crippen molar-refractivity contribution in [2.45, 2.75) is 32.8 Å². The third-order valence-electron chi connectivity index (χ3n) is 3.93. The van der Waals surface area contributed by atoms with Crippen molar-refractivity contribution in [1.29, 1.82) is 0 Å². The summed E-state index contributed by atoms with van der Waals surface area (Å²) in [5.41, 5.74) is 0.827. The number of pyridine rings is 1. The zero-order valence-electron chi connectivity index (χ0n) is 11.8. The molecule has 1 fully saturated rings. The van der Waals surface area contributed by atoms with Crippen LogP contribution in [0.25, 0.3) is 11.0 Å². The topological polar surface area (TPSA) is 38.5 Å². The van der Waals surface area contributed by atoms with Crippen molar-refractivity contribution in [2.24, 2.45) is 0 Å². The normalized spacial score (nSPS) is 24.1. The Hall–Kier alpha value is -1.55. The highest BCUT2D eigenvalue weighted by atomic mass is 16.5. The lowest BCUT2D eigenvalue weighted by Crippen LogP contribution is -2.50. The molecule has 3 rings (SSSR count). The van der Waals surface area contributed by atoms with Crippen LogP contribution >= 0.6 is 0 Å². The smallest absolute Gasteiger partial charge is 0.139 e. The Balaban J connectivity index is 1.99. The second kappa shape index (κ2) is 4.53. The molecule has 1 saturated heterocycles. The van der Waals surface area contributed by atoms with E-state index in [4.69, 9.17) is 9.15 Å². The molecule has 0 N–H and O–H groups in total. The summed E-state index contributed by atoms with van der Waals surface area (Å²) < 4.78 is 11.6. The lowest BCUT2D eigenvalue weighted by molar-refractivity contribution is -0.0442. The Kier molecular flexibility index (Phi) is 2.97. The number of morpholine rings is 1. The van der Waals surface area contributed by atoms with Crippen LogP contribution in [0, 0.1) is 6.92 Å². The quantitative estimate of drug-likeness (QED) is 0.831. The van der Waals surface area contributed by atoms with Gasteiger partial charge in [-0.1, -0.05) is 6.92 Å². The molecule has 4 heteroatoms. The Morgan fingerprint density at radius 2 is 2.32 bits per heavy atom. The van der Waals surface area contributed by atoms with Gasteiger partial charge in [-0.2, -0.15) is 0 Å². The molecule has 1 unspecified atom stereocenters. The van der Waals surface area contributed by atoms with E-state index in [1.807, 2.05) is 19.2 Å². The number of ether oxygens (including phenoxy) is 1. The van der Waals surface area contributed by atoms with Crippen LogP contribution in [0.3, 0.4) is 0 Å². The summed E-state index contributed by atoms with van der Waals surface area (Å²) in [4.78, 5) is 6.86. The predicted molar refractivity (Wildman–Crippen MR) is 75.6 cm³/mol. The first-order chi connectivity index (χ1) is 9.11. The number of furan rings is 1. The Labute approximate surface area is 113 Å². The lowest BCUT2D eigenvalue weighted by Gasteiger charge is -2.40. The average Bonchev–Trinajstić information content (AvgIpc) is 2.78. The second-order valence-electron chi connectivity index (χ2n) is 5.48. The number of nitrogens with zero attached hydrogens (tertiary/aromatic N) is 2. The van der Waals surface area contributed by atoms with Crippen molar-refractivity contribution < 1.29 is 9.15 Å². The van der Waals surface area contributed by atoms with E-state index >= 15 is 0 Å². The van der Waals surface area contributed by atoms with E-state index in [-0.39, 0.29) is 5.60 Å². The van der Waals surface area contributed by atoms with Gasteiger partial charge >= 0.3 is 0 Å². The van der Waals surface area contributed by atoms with Gasteiger partial charge in [-0.3, -0.25) is 0 Å². The predicted octanol–water partition coefficient (Wildman–Crippen LogP) is 3.14. The van der Waals surface area contributed by atoms with Gasteiger partial charge in [0.25, 0.3) is 0 Å². The number of anilines is 1. The van der Waals surface area contributed by atoms with E-state index in [0.717, 1.165) is 48.7 Å². The van der Waals surface area contributed by atoms with Crippen molar-refractivity contribution in [3.05, 3.63) is 24.1 Å². The monoisotopic (exact) mass is 260 g/mol. The van der Waals surface area contributed by atoms with E-state index in [1.54, 1.807) is 0 Å². The fraction of sp³-hybridized carbons (Fsp3) is 0.533. The Bertz CT molecular complexity index is 593. The summed E-state index contributed by atoms with van der Waals surface area (Å²) in [6, 6.07) is 3.99. The molecular formula is C15H20N2O2. The van der Waals surface area contributed by atoms with Gasteiger partial charge in [-0.25, -0.2) is 4.98 Å². The zero-order valence-corrected chi connectivity index (χ0v) is 11.8. The summed E-state index contributed by atoms with van der Waals surface area (Å²) in [5.74, 6) is 1.94. The molecule has 0 aliphatic carbocycles. The molecule has 2 aromatic heterocycles. The van der Waals surface area contributed by atoms with Crippen LogP contribution in [0.5, 0.6) is 0 Å². The molecule has 0 saturated carbocycles. The summed E-state index contributed by atoms with van der Waals surface area (Å²) in [7, 11) is 0. The standard InChI is InChI=1S/C15H20N2O2/c1-4-15(3)10-17(7-8-18-15)14-12-9-11(2)19-13(12)5-6-16-14/h5-6,9H,4,7-8,10H2,1-3H3. The van der Waals surface area contributed by atoms with Crippen molar-refractivity contribution >= 4 is 16.8 Å². The van der Waals surface area contributed by atoms with E-state index in [2.05, 4.69) is 29.8 Å². The minimum absolute atomic E-state index is 0.0825. The van der Waals surface area contributed by atoms with Crippen LogP contribution in [-0.2, 0) is 4.74 Å². The van der Waals surface area contributed by atoms with Crippen LogP contribution in [0.2, 0.25) is 0 Å². The molecule has 4 nitrogen and oxygen atoms in total. The van der Waals surface area contributed by atoms with Crippen molar-refractivity contribution in [1.82, 2.24) is 4.98 Å². The number of hydrogen-bond donors (Lipinski definition) is 0. The maximum absolute atomic E-state index is 5.89. The van der Waals surface area contributed by atoms with Crippen molar-refractivity contribution in [2.75, 3.05) is 24.6 Å². The number of aromatic nitrogens is 1. The maximum Gasteiger partial charge on any atom is 0.139 e. The molecule has 0 radical (unpaired) electrons. The van der Waals surface area contributed by atoms with E-state index in [1.165, 1.54) is 0 Å². The molecule has 0 amide bonds. The van der Waals surface area contributed by atoms with Gasteiger partial charge in [0.15, 0.2) is 0 Å². The van der Waals surface area contributed by atoms with Crippen LogP contribution in [0.15, 0.2) is 22.7 Å². The first kappa shape index (κ1) is 12.5. The molecule has 1 aliphatic heterocycles. The van der Waals surface area contributed by atoms with E-state index in [9.17, 15) is 0 Å². The molecular weight excluding hydrogens is 240 g/mol. The van der Waals surface area contributed by atoms with E-state index in [0.29, 0.717) is 0 Å². The molecule has 19 heavy (non-hydrogen) atoms. The number of hydrogen-bond acceptors (Lipinski definition) is 4. The second-order valence-corrected chi connectivity index (χ2v) is 5.48. The fourth-order valence-corrected chi connectivity index (χ4v) is 2.65. The van der Waals surface area contributed by atoms with Gasteiger partial charge in [0, 0.05) is 19.3 Å². The highest BCUT2D eigenvalue weighted by Crippen LogP contribution is 2.31. The van der Waals surface area contributed by atoms with Crippen LogP contribution in [0.4, 0.5) is 5.82 Å². The Morgan fingerprint density at radius 3 is 3.11 bits per heavy atom. The zero-order chi connectivity index (χ0) is 13.5. The first-order valence-electron chi connectivity index (χ1n) is 6.85. The van der Waals surface area contributed by atoms with Gasteiger partial charge in [-0.05, 0) is 32.4 Å². The fourth-order valence-electron chi connectivity index (χ4n) is 2.65. The number of aryl methyl sites for hydroxylation is 1. The van der Waals surface area contributed by atoms with Gasteiger partial charge in [-0.15, -0.1) is 0 Å². The summed E-state index contributed by atoms with van der Waals surface area (Å²) in [6.45, 7) is 8.81. The van der Waals surface area contributed by atoms with Gasteiger partial charge in [0.05, 0.1) is 17.6 Å². The maximum atomic E-state index is 5.89. The Morgan fingerprint density at radius 1 is 1.47 bits per heavy atom.